The van der Waals surface area contributed by atoms with Gasteiger partial charge in [-0.05, 0) is 42.9 Å². The number of halogens is 1. The topological polar surface area (TPSA) is 38.1 Å². The number of imidazole rings is 1. The van der Waals surface area contributed by atoms with Crippen molar-refractivity contribution in [3.8, 4) is 0 Å². The number of aromatic nitrogens is 2. The summed E-state index contributed by atoms with van der Waals surface area (Å²) >= 11 is 6.07. The summed E-state index contributed by atoms with van der Waals surface area (Å²) in [5, 5.41) is 0.743. The minimum atomic E-state index is 0.106. The fraction of sp³-hybridized carbons (Fsp3) is 0.444. The zero-order valence-corrected chi connectivity index (χ0v) is 13.9. The van der Waals surface area contributed by atoms with Crippen molar-refractivity contribution in [2.75, 3.05) is 0 Å². The normalized spacial score (nSPS) is 22.9. The van der Waals surface area contributed by atoms with E-state index in [-0.39, 0.29) is 11.8 Å². The monoisotopic (exact) mass is 329 g/mol. The van der Waals surface area contributed by atoms with E-state index in [9.17, 15) is 4.79 Å². The van der Waals surface area contributed by atoms with Crippen molar-refractivity contribution in [1.82, 2.24) is 14.5 Å². The first-order valence-electron chi connectivity index (χ1n) is 8.15. The Bertz CT molecular complexity index is 737. The van der Waals surface area contributed by atoms with Gasteiger partial charge in [-0.3, -0.25) is 4.79 Å². The molecule has 0 unspecified atom stereocenters. The van der Waals surface area contributed by atoms with E-state index in [0.29, 0.717) is 18.5 Å². The van der Waals surface area contributed by atoms with Gasteiger partial charge in [-0.15, -0.1) is 0 Å². The Kier molecular flexibility index (Phi) is 3.64. The van der Waals surface area contributed by atoms with Crippen LogP contribution in [0.2, 0.25) is 5.02 Å². The number of amides is 1. The van der Waals surface area contributed by atoms with Crippen LogP contribution in [-0.2, 0) is 18.4 Å². The summed E-state index contributed by atoms with van der Waals surface area (Å²) < 4.78 is 1.99. The number of aryl methyl sites for hydroxylation is 1. The van der Waals surface area contributed by atoms with Gasteiger partial charge in [0.05, 0.1) is 6.54 Å². The molecule has 2 atom stereocenters. The summed E-state index contributed by atoms with van der Waals surface area (Å²) in [5.41, 5.74) is 1.18. The summed E-state index contributed by atoms with van der Waals surface area (Å²) in [6, 6.07) is 8.30. The molecule has 120 valence electrons. The summed E-state index contributed by atoms with van der Waals surface area (Å²) in [6.07, 6.45) is 6.88. The number of carbonyl (C=O) groups excluding carboxylic acids is 1. The lowest BCUT2D eigenvalue weighted by Crippen LogP contribution is -2.35. The Morgan fingerprint density at radius 3 is 2.91 bits per heavy atom. The number of rotatable bonds is 5. The average Bonchev–Trinajstić information content (AvgIpc) is 3.44. The lowest BCUT2D eigenvalue weighted by molar-refractivity contribution is -0.134. The second-order valence-electron chi connectivity index (χ2n) is 6.66. The van der Waals surface area contributed by atoms with Crippen LogP contribution in [0, 0.1) is 5.92 Å². The van der Waals surface area contributed by atoms with Crippen LogP contribution in [-0.4, -0.2) is 26.4 Å². The fourth-order valence-electron chi connectivity index (χ4n) is 3.26. The van der Waals surface area contributed by atoms with Crippen LogP contribution < -0.4 is 0 Å². The third-order valence-corrected chi connectivity index (χ3v) is 5.12. The van der Waals surface area contributed by atoms with Crippen LogP contribution in [0.15, 0.2) is 36.7 Å². The minimum absolute atomic E-state index is 0.106. The summed E-state index contributed by atoms with van der Waals surface area (Å²) in [5.74, 6) is 1.66. The van der Waals surface area contributed by atoms with Gasteiger partial charge in [0.25, 0.3) is 0 Å². The predicted molar refractivity (Wildman–Crippen MR) is 89.1 cm³/mol. The van der Waals surface area contributed by atoms with Crippen molar-refractivity contribution in [3.63, 3.8) is 0 Å². The summed E-state index contributed by atoms with van der Waals surface area (Å²) in [4.78, 5) is 19.4. The molecule has 2 aromatic rings. The van der Waals surface area contributed by atoms with Gasteiger partial charge in [0.1, 0.15) is 5.82 Å². The number of carbonyl (C=O) groups is 1. The van der Waals surface area contributed by atoms with Crippen LogP contribution >= 0.6 is 11.6 Å². The molecule has 0 spiro atoms. The highest BCUT2D eigenvalue weighted by molar-refractivity contribution is 6.30. The van der Waals surface area contributed by atoms with Gasteiger partial charge in [-0.2, -0.15) is 0 Å². The van der Waals surface area contributed by atoms with Crippen molar-refractivity contribution in [2.45, 2.75) is 37.8 Å². The lowest BCUT2D eigenvalue weighted by atomic mass is 10.1. The zero-order valence-electron chi connectivity index (χ0n) is 13.2. The molecule has 23 heavy (non-hydrogen) atoms. The molecule has 0 aliphatic heterocycles. The molecule has 0 N–H and O–H groups in total. The smallest absolute Gasteiger partial charge is 0.226 e. The standard InChI is InChI=1S/C18H20ClN3O/c1-21-8-7-20-17(21)11-22(14-5-6-14)18(23)16-10-15(16)12-3-2-4-13(19)9-12/h2-4,7-9,14-16H,5-6,10-11H2,1H3/t15-,16-/m0/s1. The van der Waals surface area contributed by atoms with E-state index in [0.717, 1.165) is 30.1 Å². The largest absolute Gasteiger partial charge is 0.337 e. The molecule has 2 aliphatic rings. The van der Waals surface area contributed by atoms with E-state index >= 15 is 0 Å². The van der Waals surface area contributed by atoms with E-state index in [2.05, 4.69) is 11.1 Å². The van der Waals surface area contributed by atoms with Gasteiger partial charge < -0.3 is 9.47 Å². The maximum atomic E-state index is 12.9. The molecule has 0 bridgehead atoms. The fourth-order valence-corrected chi connectivity index (χ4v) is 3.46. The molecule has 2 fully saturated rings. The van der Waals surface area contributed by atoms with Gasteiger partial charge in [0.15, 0.2) is 0 Å². The number of benzene rings is 1. The molecule has 4 nitrogen and oxygen atoms in total. The minimum Gasteiger partial charge on any atom is -0.337 e. The third kappa shape index (κ3) is 3.00. The maximum absolute atomic E-state index is 12.9. The Morgan fingerprint density at radius 1 is 1.43 bits per heavy atom. The molecule has 1 amide bonds. The SMILES string of the molecule is Cn1ccnc1CN(C(=O)[C@H]1C[C@H]1c1cccc(Cl)c1)C1CC1. The molecule has 2 saturated carbocycles. The molecular weight excluding hydrogens is 310 g/mol. The molecule has 1 heterocycles. The van der Waals surface area contributed by atoms with Gasteiger partial charge in [0.2, 0.25) is 5.91 Å². The van der Waals surface area contributed by atoms with Gasteiger partial charge >= 0.3 is 0 Å². The van der Waals surface area contributed by atoms with E-state index < -0.39 is 0 Å². The van der Waals surface area contributed by atoms with Crippen molar-refractivity contribution >= 4 is 17.5 Å². The molecule has 1 aromatic heterocycles. The summed E-state index contributed by atoms with van der Waals surface area (Å²) in [6.45, 7) is 0.617. The summed E-state index contributed by atoms with van der Waals surface area (Å²) in [7, 11) is 1.98. The van der Waals surface area contributed by atoms with Crippen molar-refractivity contribution < 1.29 is 4.79 Å². The van der Waals surface area contributed by atoms with Crippen LogP contribution in [0.1, 0.15) is 36.6 Å². The highest BCUT2D eigenvalue weighted by Gasteiger charge is 2.48. The Balaban J connectivity index is 1.48. The second kappa shape index (κ2) is 5.68. The van der Waals surface area contributed by atoms with Crippen molar-refractivity contribution in [1.29, 1.82) is 0 Å². The number of hydrogen-bond donors (Lipinski definition) is 0. The molecular formula is C18H20ClN3O. The van der Waals surface area contributed by atoms with Gasteiger partial charge in [-0.1, -0.05) is 23.7 Å². The zero-order chi connectivity index (χ0) is 16.0. The van der Waals surface area contributed by atoms with Crippen molar-refractivity contribution in [3.05, 3.63) is 53.1 Å². The van der Waals surface area contributed by atoms with E-state index in [1.54, 1.807) is 6.20 Å². The third-order valence-electron chi connectivity index (χ3n) is 4.89. The number of nitrogens with zero attached hydrogens (tertiary/aromatic N) is 3. The molecule has 5 heteroatoms. The van der Waals surface area contributed by atoms with Crippen LogP contribution in [0.4, 0.5) is 0 Å². The highest BCUT2D eigenvalue weighted by atomic mass is 35.5. The van der Waals surface area contributed by atoms with Crippen molar-refractivity contribution in [2.24, 2.45) is 13.0 Å². The van der Waals surface area contributed by atoms with Gasteiger partial charge in [0, 0.05) is 36.4 Å². The highest BCUT2D eigenvalue weighted by Crippen LogP contribution is 2.50. The molecule has 4 rings (SSSR count). The van der Waals surface area contributed by atoms with Gasteiger partial charge in [-0.25, -0.2) is 4.98 Å². The second-order valence-corrected chi connectivity index (χ2v) is 7.09. The predicted octanol–water partition coefficient (Wildman–Crippen LogP) is 3.37. The first-order chi connectivity index (χ1) is 11.1. The first-order valence-corrected chi connectivity index (χ1v) is 8.53. The molecule has 0 radical (unpaired) electrons. The molecule has 2 aliphatic carbocycles. The Labute approximate surface area is 141 Å². The first kappa shape index (κ1) is 14.8. The Morgan fingerprint density at radius 2 is 2.26 bits per heavy atom. The van der Waals surface area contributed by atoms with E-state index in [1.807, 2.05) is 40.9 Å². The van der Waals surface area contributed by atoms with Crippen LogP contribution in [0.25, 0.3) is 0 Å². The van der Waals surface area contributed by atoms with E-state index in [4.69, 9.17) is 11.6 Å². The molecule has 1 aromatic carbocycles. The van der Waals surface area contributed by atoms with E-state index in [1.165, 1.54) is 5.56 Å². The maximum Gasteiger partial charge on any atom is 0.226 e. The number of hydrogen-bond acceptors (Lipinski definition) is 2. The van der Waals surface area contributed by atoms with Crippen LogP contribution in [0.3, 0.4) is 0 Å². The molecule has 0 saturated heterocycles. The van der Waals surface area contributed by atoms with Crippen LogP contribution in [0.5, 0.6) is 0 Å². The average molecular weight is 330 g/mol. The lowest BCUT2D eigenvalue weighted by Gasteiger charge is -2.22. The quantitative estimate of drug-likeness (QED) is 0.843. The Hall–Kier alpha value is -1.81.